The van der Waals surface area contributed by atoms with Crippen LogP contribution in [0.25, 0.3) is 0 Å². The van der Waals surface area contributed by atoms with Gasteiger partial charge in [0.25, 0.3) is 0 Å². The maximum absolute atomic E-state index is 14.5. The third-order valence-corrected chi connectivity index (χ3v) is 16.3. The van der Waals surface area contributed by atoms with Gasteiger partial charge in [0.2, 0.25) is 10.0 Å². The summed E-state index contributed by atoms with van der Waals surface area (Å²) in [5.74, 6) is -3.15. The molecule has 17 nitrogen and oxygen atoms in total. The lowest BCUT2D eigenvalue weighted by Gasteiger charge is -2.53. The van der Waals surface area contributed by atoms with Crippen molar-refractivity contribution in [2.24, 2.45) is 17.8 Å². The molecule has 18 atom stereocenters. The number of cyclic esters (lactones) is 1. The van der Waals surface area contributed by atoms with Crippen molar-refractivity contribution in [2.45, 2.75) is 197 Å². The van der Waals surface area contributed by atoms with Crippen molar-refractivity contribution in [1.82, 2.24) is 14.9 Å². The number of rotatable bonds is 12. The Kier molecular flexibility index (Phi) is 18.7. The van der Waals surface area contributed by atoms with Gasteiger partial charge in [0.1, 0.15) is 35.1 Å². The normalized spacial score (nSPS) is 43.6. The van der Waals surface area contributed by atoms with Crippen molar-refractivity contribution < 1.29 is 67.2 Å². The first-order valence-electron chi connectivity index (χ1n) is 22.7. The molecule has 0 unspecified atom stereocenters. The molecule has 0 aliphatic carbocycles. The molecule has 19 heteroatoms. The molecular weight excluding hydrogens is 874 g/mol. The Labute approximate surface area is 385 Å². The van der Waals surface area contributed by atoms with Crippen LogP contribution in [0.4, 0.5) is 0 Å². The first kappa shape index (κ1) is 55.0. The molecule has 0 amide bonds. The molecule has 7 N–H and O–H groups in total. The number of esters is 1. The number of likely N-dealkylation sites (N-methyl/N-ethyl adjacent to an activating group) is 2. The van der Waals surface area contributed by atoms with E-state index in [0.29, 0.717) is 11.6 Å². The smallest absolute Gasteiger partial charge is 0.311 e. The molecule has 1 aromatic rings. The Morgan fingerprint density at radius 2 is 1.59 bits per heavy atom. The molecule has 0 spiro atoms. The number of hydrogen-bond donors (Lipinski definition) is 7. The van der Waals surface area contributed by atoms with Gasteiger partial charge >= 0.3 is 5.97 Å². The molecule has 3 fully saturated rings. The lowest BCUT2D eigenvalue weighted by Crippen LogP contribution is -2.70. The van der Waals surface area contributed by atoms with Crippen LogP contribution >= 0.6 is 11.6 Å². The fourth-order valence-corrected chi connectivity index (χ4v) is 11.4. The zero-order valence-corrected chi connectivity index (χ0v) is 41.6. The highest BCUT2D eigenvalue weighted by molar-refractivity contribution is 7.89. The standard InChI is InChI=1S/C45H78ClN3O14S/c1-14-34-44(11,54)38(51)29(7)48-23-25(3)21-42(9,53)39(63-41-36(50)33(20-26(4)59-41)49(12)64(56,57)32-18-16-31(46)17-19-32)27(5)37(28(6)40(52)61-34)62-35-22-43(10,58-13)45(55,24-47-15-2)30(8)60-35/h16-19,25-30,33-39,41,47-48,50-51,53-55H,14-15,20-24H2,1-13H3/t25-,26-,27+,28-,29-,30+,33+,34-,35+,36-,37+,38-,39-,41+,42-,43-,44-,45+/m1/s1. The maximum atomic E-state index is 14.5. The number of carbonyl (C=O) groups excluding carboxylic acids is 1. The minimum atomic E-state index is -4.14. The molecule has 4 rings (SSSR count). The molecule has 370 valence electrons. The fraction of sp³-hybridized carbons (Fsp3) is 0.844. The summed E-state index contributed by atoms with van der Waals surface area (Å²) in [5, 5.41) is 66.8. The van der Waals surface area contributed by atoms with Crippen LogP contribution < -0.4 is 10.6 Å². The molecule has 3 heterocycles. The maximum Gasteiger partial charge on any atom is 0.311 e. The number of methoxy groups -OCH3 is 1. The van der Waals surface area contributed by atoms with Crippen molar-refractivity contribution in [3.05, 3.63) is 29.3 Å². The van der Waals surface area contributed by atoms with Gasteiger partial charge in [-0.2, -0.15) is 4.31 Å². The van der Waals surface area contributed by atoms with E-state index in [1.807, 2.05) is 13.8 Å². The van der Waals surface area contributed by atoms with Gasteiger partial charge in [0.05, 0.1) is 46.9 Å². The van der Waals surface area contributed by atoms with Crippen LogP contribution in [0.2, 0.25) is 5.02 Å². The molecule has 0 bridgehead atoms. The van der Waals surface area contributed by atoms with E-state index >= 15 is 0 Å². The van der Waals surface area contributed by atoms with Crippen molar-refractivity contribution in [3.63, 3.8) is 0 Å². The fourth-order valence-electron chi connectivity index (χ4n) is 9.87. The van der Waals surface area contributed by atoms with Crippen molar-refractivity contribution in [2.75, 3.05) is 33.8 Å². The minimum Gasteiger partial charge on any atom is -0.459 e. The number of hydrogen-bond acceptors (Lipinski definition) is 16. The van der Waals surface area contributed by atoms with Crippen molar-refractivity contribution >= 4 is 27.6 Å². The van der Waals surface area contributed by atoms with Gasteiger partial charge in [-0.3, -0.25) is 4.79 Å². The van der Waals surface area contributed by atoms with E-state index in [4.69, 9.17) is 40.0 Å². The van der Waals surface area contributed by atoms with Crippen LogP contribution in [0.15, 0.2) is 29.2 Å². The molecule has 3 aliphatic heterocycles. The van der Waals surface area contributed by atoms with Crippen LogP contribution in [0.5, 0.6) is 0 Å². The SMILES string of the molecule is CCNC[C@]1(O)[C@H](C)O[C@@H](O[C@H]2[C@H](C)[C@@H](O[C@@H]3O[C@H](C)C[C@H](N(C)S(=O)(=O)c4ccc(Cl)cc4)[C@H]3O)[C@](C)(O)C[C@@H](C)CN[C@H](C)[C@@H](O)[C@](C)(O)[C@@H](CC)OC(=O)[C@@H]2C)C[C@@]1(C)OC. The third kappa shape index (κ3) is 11.8. The zero-order valence-electron chi connectivity index (χ0n) is 40.0. The molecule has 3 aliphatic rings. The van der Waals surface area contributed by atoms with Gasteiger partial charge in [-0.05, 0) is 111 Å². The number of halogens is 1. The number of aliphatic hydroxyl groups excluding tert-OH is 2. The summed E-state index contributed by atoms with van der Waals surface area (Å²) in [6, 6.07) is 4.00. The van der Waals surface area contributed by atoms with Crippen LogP contribution in [-0.2, 0) is 43.2 Å². The van der Waals surface area contributed by atoms with E-state index in [9.17, 15) is 38.7 Å². The summed E-state index contributed by atoms with van der Waals surface area (Å²) in [7, 11) is -1.28. The average molecular weight is 953 g/mol. The first-order chi connectivity index (χ1) is 29.6. The topological polar surface area (TPSA) is 235 Å². The molecule has 3 saturated heterocycles. The Morgan fingerprint density at radius 1 is 0.969 bits per heavy atom. The molecule has 0 aromatic heterocycles. The third-order valence-electron chi connectivity index (χ3n) is 14.1. The highest BCUT2D eigenvalue weighted by Gasteiger charge is 2.58. The lowest BCUT2D eigenvalue weighted by atomic mass is 9.75. The summed E-state index contributed by atoms with van der Waals surface area (Å²) < 4.78 is 67.1. The predicted molar refractivity (Wildman–Crippen MR) is 240 cm³/mol. The van der Waals surface area contributed by atoms with Gasteiger partial charge in [-0.25, -0.2) is 8.42 Å². The monoisotopic (exact) mass is 951 g/mol. The van der Waals surface area contributed by atoms with Crippen molar-refractivity contribution in [1.29, 1.82) is 0 Å². The molecule has 0 saturated carbocycles. The van der Waals surface area contributed by atoms with E-state index in [0.717, 1.165) is 4.31 Å². The largest absolute Gasteiger partial charge is 0.459 e. The first-order valence-corrected chi connectivity index (χ1v) is 24.5. The van der Waals surface area contributed by atoms with Gasteiger partial charge in [0, 0.05) is 44.1 Å². The minimum absolute atomic E-state index is 0.0137. The summed E-state index contributed by atoms with van der Waals surface area (Å²) >= 11 is 6.06. The van der Waals surface area contributed by atoms with E-state index in [2.05, 4.69) is 10.6 Å². The number of carbonyl (C=O) groups is 1. The molecule has 1 aromatic carbocycles. The number of nitrogens with zero attached hydrogens (tertiary/aromatic N) is 1. The lowest BCUT2D eigenvalue weighted by molar-refractivity contribution is -0.336. The Balaban J connectivity index is 1.83. The zero-order chi connectivity index (χ0) is 48.3. The van der Waals surface area contributed by atoms with Gasteiger partial charge in [-0.15, -0.1) is 0 Å². The second kappa shape index (κ2) is 21.8. The van der Waals surface area contributed by atoms with Crippen LogP contribution in [0.3, 0.4) is 0 Å². The average Bonchev–Trinajstić information content (AvgIpc) is 3.23. The van der Waals surface area contributed by atoms with Crippen LogP contribution in [0.1, 0.15) is 102 Å². The summed E-state index contributed by atoms with van der Waals surface area (Å²) in [5.41, 5.74) is -6.34. The number of sulfonamides is 1. The van der Waals surface area contributed by atoms with E-state index in [1.165, 1.54) is 45.3 Å². The summed E-state index contributed by atoms with van der Waals surface area (Å²) in [6.45, 7) is 19.8. The van der Waals surface area contributed by atoms with E-state index < -0.39 is 118 Å². The predicted octanol–water partition coefficient (Wildman–Crippen LogP) is 2.95. The second-order valence-electron chi connectivity index (χ2n) is 19.3. The molecular formula is C45H78ClN3O14S. The highest BCUT2D eigenvalue weighted by Crippen LogP contribution is 2.43. The summed E-state index contributed by atoms with van der Waals surface area (Å²) in [4.78, 5) is 14.4. The Bertz CT molecular complexity index is 1780. The second-order valence-corrected chi connectivity index (χ2v) is 21.7. The molecule has 0 radical (unpaired) electrons. The summed E-state index contributed by atoms with van der Waals surface area (Å²) in [6.07, 6.45) is -10.2. The van der Waals surface area contributed by atoms with E-state index in [-0.39, 0.29) is 49.6 Å². The highest BCUT2D eigenvalue weighted by atomic mass is 35.5. The Morgan fingerprint density at radius 3 is 2.17 bits per heavy atom. The molecule has 64 heavy (non-hydrogen) atoms. The number of benzene rings is 1. The van der Waals surface area contributed by atoms with E-state index in [1.54, 1.807) is 55.4 Å². The van der Waals surface area contributed by atoms with Crippen LogP contribution in [0, 0.1) is 17.8 Å². The van der Waals surface area contributed by atoms with Gasteiger partial charge in [0.15, 0.2) is 12.6 Å². The van der Waals surface area contributed by atoms with Gasteiger partial charge in [-0.1, -0.05) is 39.3 Å². The Hall–Kier alpha value is -1.59. The van der Waals surface area contributed by atoms with Crippen LogP contribution in [-0.4, -0.2) is 168 Å². The number of ether oxygens (including phenoxy) is 6. The van der Waals surface area contributed by atoms with Gasteiger partial charge < -0.3 is 64.6 Å². The van der Waals surface area contributed by atoms with Crippen molar-refractivity contribution in [3.8, 4) is 0 Å². The number of nitrogens with one attached hydrogen (secondary N) is 2. The quantitative estimate of drug-likeness (QED) is 0.149. The number of aliphatic hydroxyl groups is 5.